The van der Waals surface area contributed by atoms with E-state index in [1.54, 1.807) is 0 Å². The van der Waals surface area contributed by atoms with Gasteiger partial charge >= 0.3 is 12.0 Å². The molecule has 0 aromatic heterocycles. The molecule has 0 unspecified atom stereocenters. The summed E-state index contributed by atoms with van der Waals surface area (Å²) in [7, 11) is 0. The maximum atomic E-state index is 10.9. The number of aliphatic carboxylic acids is 1. The summed E-state index contributed by atoms with van der Waals surface area (Å²) < 4.78 is 0. The second kappa shape index (κ2) is 2.80. The van der Waals surface area contributed by atoms with Crippen molar-refractivity contribution in [2.75, 3.05) is 6.54 Å². The Hall–Kier alpha value is -1.59. The Bertz CT molecular complexity index is 234. The third kappa shape index (κ3) is 1.23. The molecule has 66 valence electrons. The number of carboxylic acid groups (broad SMARTS) is 1. The number of hydrogen-bond donors (Lipinski definition) is 2. The van der Waals surface area contributed by atoms with E-state index in [0.717, 1.165) is 0 Å². The van der Waals surface area contributed by atoms with E-state index >= 15 is 0 Å². The van der Waals surface area contributed by atoms with E-state index < -0.39 is 23.9 Å². The quantitative estimate of drug-likeness (QED) is 0.523. The van der Waals surface area contributed by atoms with E-state index in [-0.39, 0.29) is 6.54 Å². The van der Waals surface area contributed by atoms with Crippen molar-refractivity contribution in [1.29, 1.82) is 0 Å². The summed E-state index contributed by atoms with van der Waals surface area (Å²) in [6.45, 7) is 1.17. The van der Waals surface area contributed by atoms with E-state index in [4.69, 9.17) is 5.11 Å². The molecule has 0 spiro atoms. The molecule has 0 bridgehead atoms. The number of amides is 3. The number of rotatable bonds is 2. The molecule has 12 heavy (non-hydrogen) atoms. The SMILES string of the molecule is C[C@H](C(=O)O)N1C(=O)CNC1=O. The molecule has 6 heteroatoms. The molecule has 1 saturated heterocycles. The fraction of sp³-hybridized carbons (Fsp3) is 0.500. The predicted octanol–water partition coefficient (Wildman–Crippen LogP) is -0.989. The van der Waals surface area contributed by atoms with Gasteiger partial charge in [-0.15, -0.1) is 0 Å². The van der Waals surface area contributed by atoms with Crippen LogP contribution < -0.4 is 5.32 Å². The van der Waals surface area contributed by atoms with Gasteiger partial charge in [0, 0.05) is 0 Å². The smallest absolute Gasteiger partial charge is 0.326 e. The predicted molar refractivity (Wildman–Crippen MR) is 37.3 cm³/mol. The van der Waals surface area contributed by atoms with Crippen LogP contribution in [0.15, 0.2) is 0 Å². The van der Waals surface area contributed by atoms with Gasteiger partial charge < -0.3 is 10.4 Å². The Morgan fingerprint density at radius 2 is 2.25 bits per heavy atom. The van der Waals surface area contributed by atoms with Crippen LogP contribution in [0.4, 0.5) is 4.79 Å². The number of carbonyl (C=O) groups excluding carboxylic acids is 2. The van der Waals surface area contributed by atoms with Crippen molar-refractivity contribution < 1.29 is 19.5 Å². The number of urea groups is 1. The number of nitrogens with zero attached hydrogens (tertiary/aromatic N) is 1. The van der Waals surface area contributed by atoms with Crippen molar-refractivity contribution >= 4 is 17.9 Å². The van der Waals surface area contributed by atoms with Crippen LogP contribution in [-0.4, -0.2) is 40.5 Å². The Morgan fingerprint density at radius 1 is 1.67 bits per heavy atom. The summed E-state index contributed by atoms with van der Waals surface area (Å²) in [6, 6.07) is -1.74. The summed E-state index contributed by atoms with van der Waals surface area (Å²) in [4.78, 5) is 32.9. The van der Waals surface area contributed by atoms with Crippen LogP contribution >= 0.6 is 0 Å². The van der Waals surface area contributed by atoms with Crippen LogP contribution in [0.25, 0.3) is 0 Å². The number of carboxylic acids is 1. The largest absolute Gasteiger partial charge is 0.480 e. The minimum Gasteiger partial charge on any atom is -0.480 e. The fourth-order valence-electron chi connectivity index (χ4n) is 0.937. The highest BCUT2D eigenvalue weighted by atomic mass is 16.4. The first-order valence-corrected chi connectivity index (χ1v) is 3.36. The molecular formula is C6H8N2O4. The van der Waals surface area contributed by atoms with Crippen LogP contribution in [-0.2, 0) is 9.59 Å². The monoisotopic (exact) mass is 172 g/mol. The zero-order valence-electron chi connectivity index (χ0n) is 6.40. The summed E-state index contributed by atoms with van der Waals surface area (Å²) in [5, 5.41) is 10.7. The molecule has 0 saturated carbocycles. The molecule has 3 amide bonds. The molecule has 0 aromatic rings. The Balaban J connectivity index is 2.79. The number of hydrogen-bond acceptors (Lipinski definition) is 3. The number of carbonyl (C=O) groups is 3. The van der Waals surface area contributed by atoms with Crippen molar-refractivity contribution in [2.45, 2.75) is 13.0 Å². The van der Waals surface area contributed by atoms with Crippen molar-refractivity contribution in [2.24, 2.45) is 0 Å². The maximum Gasteiger partial charge on any atom is 0.326 e. The number of nitrogens with one attached hydrogen (secondary N) is 1. The molecule has 0 radical (unpaired) electrons. The molecule has 1 aliphatic rings. The average molecular weight is 172 g/mol. The van der Waals surface area contributed by atoms with Gasteiger partial charge in [0.1, 0.15) is 6.04 Å². The van der Waals surface area contributed by atoms with E-state index in [0.29, 0.717) is 4.90 Å². The highest BCUT2D eigenvalue weighted by Gasteiger charge is 2.35. The number of imide groups is 1. The Morgan fingerprint density at radius 3 is 2.58 bits per heavy atom. The average Bonchev–Trinajstić information content (AvgIpc) is 2.30. The van der Waals surface area contributed by atoms with Gasteiger partial charge in [-0.1, -0.05) is 0 Å². The molecule has 6 nitrogen and oxygen atoms in total. The second-order valence-corrected chi connectivity index (χ2v) is 2.44. The lowest BCUT2D eigenvalue weighted by molar-refractivity contribution is -0.145. The second-order valence-electron chi connectivity index (χ2n) is 2.44. The Kier molecular flexibility index (Phi) is 1.99. The zero-order valence-corrected chi connectivity index (χ0v) is 6.40. The van der Waals surface area contributed by atoms with Gasteiger partial charge in [-0.25, -0.2) is 14.5 Å². The molecule has 1 atom stereocenters. The van der Waals surface area contributed by atoms with Crippen molar-refractivity contribution in [3.8, 4) is 0 Å². The van der Waals surface area contributed by atoms with Gasteiger partial charge in [0.2, 0.25) is 0 Å². The lowest BCUT2D eigenvalue weighted by atomic mass is 10.3. The van der Waals surface area contributed by atoms with Crippen LogP contribution in [0.1, 0.15) is 6.92 Å². The van der Waals surface area contributed by atoms with E-state index in [2.05, 4.69) is 5.32 Å². The molecule has 1 fully saturated rings. The summed E-state index contributed by atoms with van der Waals surface area (Å²) >= 11 is 0. The summed E-state index contributed by atoms with van der Waals surface area (Å²) in [6.07, 6.45) is 0. The first-order valence-electron chi connectivity index (χ1n) is 3.36. The lowest BCUT2D eigenvalue weighted by Gasteiger charge is -2.16. The molecule has 0 aliphatic carbocycles. The van der Waals surface area contributed by atoms with Crippen LogP contribution in [0.5, 0.6) is 0 Å². The Labute approximate surface area is 68.1 Å². The third-order valence-electron chi connectivity index (χ3n) is 1.62. The molecule has 1 heterocycles. The van der Waals surface area contributed by atoms with E-state index in [9.17, 15) is 14.4 Å². The third-order valence-corrected chi connectivity index (χ3v) is 1.62. The van der Waals surface area contributed by atoms with Gasteiger partial charge in [-0.3, -0.25) is 4.79 Å². The molecule has 0 aromatic carbocycles. The van der Waals surface area contributed by atoms with Crippen molar-refractivity contribution in [1.82, 2.24) is 10.2 Å². The molecule has 1 rings (SSSR count). The lowest BCUT2D eigenvalue weighted by Crippen LogP contribution is -2.43. The minimum atomic E-state index is -1.19. The normalized spacial score (nSPS) is 19.2. The topological polar surface area (TPSA) is 86.7 Å². The first-order chi connectivity index (χ1) is 5.54. The van der Waals surface area contributed by atoms with Gasteiger partial charge in [0.05, 0.1) is 6.54 Å². The first kappa shape index (κ1) is 8.51. The minimum absolute atomic E-state index is 0.115. The van der Waals surface area contributed by atoms with Crippen molar-refractivity contribution in [3.63, 3.8) is 0 Å². The van der Waals surface area contributed by atoms with Gasteiger partial charge in [-0.05, 0) is 6.92 Å². The fourth-order valence-corrected chi connectivity index (χ4v) is 0.937. The highest BCUT2D eigenvalue weighted by molar-refractivity contribution is 6.04. The van der Waals surface area contributed by atoms with Crippen molar-refractivity contribution in [3.05, 3.63) is 0 Å². The highest BCUT2D eigenvalue weighted by Crippen LogP contribution is 2.05. The van der Waals surface area contributed by atoms with Crippen LogP contribution in [0.2, 0.25) is 0 Å². The summed E-state index contributed by atoms with van der Waals surface area (Å²) in [5.41, 5.74) is 0. The molecule has 1 aliphatic heterocycles. The molecular weight excluding hydrogens is 164 g/mol. The van der Waals surface area contributed by atoms with Gasteiger partial charge in [-0.2, -0.15) is 0 Å². The van der Waals surface area contributed by atoms with E-state index in [1.807, 2.05) is 0 Å². The van der Waals surface area contributed by atoms with Gasteiger partial charge in [0.25, 0.3) is 5.91 Å². The van der Waals surface area contributed by atoms with Crippen LogP contribution in [0.3, 0.4) is 0 Å². The summed E-state index contributed by atoms with van der Waals surface area (Å²) in [5.74, 6) is -1.70. The van der Waals surface area contributed by atoms with Gasteiger partial charge in [0.15, 0.2) is 0 Å². The van der Waals surface area contributed by atoms with Crippen LogP contribution in [0, 0.1) is 0 Å². The molecule has 2 N–H and O–H groups in total. The standard InChI is InChI=1S/C6H8N2O4/c1-3(5(10)11)8-4(9)2-7-6(8)12/h3H,2H2,1H3,(H,7,12)(H,10,11)/t3-/m1/s1. The van der Waals surface area contributed by atoms with E-state index in [1.165, 1.54) is 6.92 Å². The maximum absolute atomic E-state index is 10.9. The zero-order chi connectivity index (χ0) is 9.30.